The van der Waals surface area contributed by atoms with E-state index in [0.717, 1.165) is 6.42 Å². The maximum Gasteiger partial charge on any atom is 0.323 e. The summed E-state index contributed by atoms with van der Waals surface area (Å²) in [5, 5.41) is 9.05. The van der Waals surface area contributed by atoms with Crippen LogP contribution in [0.1, 0.15) is 23.2 Å². The van der Waals surface area contributed by atoms with Crippen LogP contribution in [0.15, 0.2) is 72.8 Å². The van der Waals surface area contributed by atoms with Gasteiger partial charge in [-0.3, -0.25) is 9.59 Å². The molecule has 1 aliphatic rings. The van der Waals surface area contributed by atoms with E-state index in [-0.39, 0.29) is 17.8 Å². The fraction of sp³-hybridized carbons (Fsp3) is 0.160. The second-order valence-electron chi connectivity index (χ2n) is 7.83. The summed E-state index contributed by atoms with van der Waals surface area (Å²) in [4.78, 5) is 39.6. The molecule has 0 saturated carbocycles. The molecule has 4 amide bonds. The summed E-state index contributed by atoms with van der Waals surface area (Å²) in [6, 6.07) is 19.5. The Labute approximate surface area is 207 Å². The van der Waals surface area contributed by atoms with Gasteiger partial charge in [-0.05, 0) is 67.4 Å². The second kappa shape index (κ2) is 10.6. The largest absolute Gasteiger partial charge is 0.327 e. The Hall–Kier alpha value is -3.55. The molecule has 7 nitrogen and oxygen atoms in total. The van der Waals surface area contributed by atoms with Crippen LogP contribution in [0, 0.1) is 0 Å². The van der Waals surface area contributed by atoms with Crippen molar-refractivity contribution in [3.63, 3.8) is 0 Å². The van der Waals surface area contributed by atoms with Crippen molar-refractivity contribution in [3.8, 4) is 0 Å². The summed E-state index contributed by atoms with van der Waals surface area (Å²) in [6.07, 6.45) is 1.28. The van der Waals surface area contributed by atoms with E-state index in [2.05, 4.69) is 16.0 Å². The molecule has 1 aliphatic heterocycles. The maximum absolute atomic E-state index is 13.0. The lowest BCUT2D eigenvalue weighted by Gasteiger charge is -2.24. The smallest absolute Gasteiger partial charge is 0.323 e. The first-order valence-corrected chi connectivity index (χ1v) is 11.5. The van der Waals surface area contributed by atoms with E-state index in [1.54, 1.807) is 59.5 Å². The molecule has 0 spiro atoms. The molecule has 4 rings (SSSR count). The van der Waals surface area contributed by atoms with Gasteiger partial charge in [-0.15, -0.1) is 0 Å². The van der Waals surface area contributed by atoms with Gasteiger partial charge in [-0.2, -0.15) is 0 Å². The van der Waals surface area contributed by atoms with Crippen molar-refractivity contribution in [2.75, 3.05) is 22.5 Å². The first-order chi connectivity index (χ1) is 16.4. The standard InChI is InChI=1S/C25H22Cl2N4O3/c26-17-13-16(14-18(27)15-17)24(33)31-12-4-7-22(31)23(32)28-20-8-10-21(11-9-20)30-25(34)29-19-5-2-1-3-6-19/h1-3,5-6,8-11,13-15,22H,4,7,12H2,(H,28,32)(H2,29,30,34). The van der Waals surface area contributed by atoms with Crippen LogP contribution < -0.4 is 16.0 Å². The Morgan fingerprint density at radius 2 is 1.32 bits per heavy atom. The Balaban J connectivity index is 1.36. The highest BCUT2D eigenvalue weighted by atomic mass is 35.5. The molecule has 1 saturated heterocycles. The van der Waals surface area contributed by atoms with Crippen LogP contribution in [-0.4, -0.2) is 35.3 Å². The predicted molar refractivity (Wildman–Crippen MR) is 135 cm³/mol. The van der Waals surface area contributed by atoms with E-state index in [4.69, 9.17) is 23.2 Å². The molecule has 3 aromatic rings. The van der Waals surface area contributed by atoms with Crippen molar-refractivity contribution in [1.29, 1.82) is 0 Å². The zero-order chi connectivity index (χ0) is 24.1. The van der Waals surface area contributed by atoms with E-state index < -0.39 is 6.04 Å². The van der Waals surface area contributed by atoms with Crippen LogP contribution in [0.25, 0.3) is 0 Å². The minimum atomic E-state index is -0.597. The van der Waals surface area contributed by atoms with Gasteiger partial charge in [-0.1, -0.05) is 41.4 Å². The molecule has 1 unspecified atom stereocenters. The number of anilines is 3. The van der Waals surface area contributed by atoms with Gasteiger partial charge in [0.2, 0.25) is 5.91 Å². The van der Waals surface area contributed by atoms with Gasteiger partial charge in [0.05, 0.1) is 0 Å². The molecule has 34 heavy (non-hydrogen) atoms. The highest BCUT2D eigenvalue weighted by Gasteiger charge is 2.34. The third kappa shape index (κ3) is 5.87. The van der Waals surface area contributed by atoms with Crippen molar-refractivity contribution in [2.24, 2.45) is 0 Å². The fourth-order valence-electron chi connectivity index (χ4n) is 3.80. The third-order valence-corrected chi connectivity index (χ3v) is 5.80. The third-order valence-electron chi connectivity index (χ3n) is 5.37. The molecule has 1 fully saturated rings. The number of benzene rings is 3. The van der Waals surface area contributed by atoms with Crippen molar-refractivity contribution in [1.82, 2.24) is 4.90 Å². The van der Waals surface area contributed by atoms with Crippen LogP contribution in [0.4, 0.5) is 21.9 Å². The number of likely N-dealkylation sites (tertiary alicyclic amines) is 1. The normalized spacial score (nSPS) is 15.0. The van der Waals surface area contributed by atoms with Gasteiger partial charge in [0.25, 0.3) is 5.91 Å². The molecule has 9 heteroatoms. The van der Waals surface area contributed by atoms with Crippen LogP contribution in [-0.2, 0) is 4.79 Å². The lowest BCUT2D eigenvalue weighted by Crippen LogP contribution is -2.43. The SMILES string of the molecule is O=C(Nc1ccccc1)Nc1ccc(NC(=O)C2CCCN2C(=O)c2cc(Cl)cc(Cl)c2)cc1. The van der Waals surface area contributed by atoms with Gasteiger partial charge in [0.1, 0.15) is 6.04 Å². The van der Waals surface area contributed by atoms with Crippen molar-refractivity contribution < 1.29 is 14.4 Å². The zero-order valence-corrected chi connectivity index (χ0v) is 19.6. The first kappa shape index (κ1) is 23.6. The lowest BCUT2D eigenvalue weighted by atomic mass is 10.1. The quantitative estimate of drug-likeness (QED) is 0.411. The van der Waals surface area contributed by atoms with E-state index in [0.29, 0.717) is 45.6 Å². The Morgan fingerprint density at radius 3 is 1.94 bits per heavy atom. The van der Waals surface area contributed by atoms with E-state index in [1.165, 1.54) is 0 Å². The molecule has 0 aliphatic carbocycles. The van der Waals surface area contributed by atoms with E-state index in [9.17, 15) is 14.4 Å². The molecule has 1 atom stereocenters. The number of nitrogens with one attached hydrogen (secondary N) is 3. The molecule has 0 aromatic heterocycles. The molecule has 174 valence electrons. The predicted octanol–water partition coefficient (Wildman–Crippen LogP) is 5.88. The summed E-state index contributed by atoms with van der Waals surface area (Å²) in [6.45, 7) is 0.473. The van der Waals surface area contributed by atoms with Gasteiger partial charge < -0.3 is 20.9 Å². The van der Waals surface area contributed by atoms with Gasteiger partial charge in [0, 0.05) is 39.2 Å². The van der Waals surface area contributed by atoms with Crippen molar-refractivity contribution in [2.45, 2.75) is 18.9 Å². The summed E-state index contributed by atoms with van der Waals surface area (Å²) in [5.41, 5.74) is 2.16. The fourth-order valence-corrected chi connectivity index (χ4v) is 4.33. The number of rotatable bonds is 5. The number of para-hydroxylation sites is 1. The average molecular weight is 497 g/mol. The molecule has 1 heterocycles. The zero-order valence-electron chi connectivity index (χ0n) is 18.1. The lowest BCUT2D eigenvalue weighted by molar-refractivity contribution is -0.119. The summed E-state index contributed by atoms with van der Waals surface area (Å²) < 4.78 is 0. The number of carbonyl (C=O) groups excluding carboxylic acids is 3. The number of carbonyl (C=O) groups is 3. The maximum atomic E-state index is 13.0. The van der Waals surface area contributed by atoms with Gasteiger partial charge in [-0.25, -0.2) is 4.79 Å². The average Bonchev–Trinajstić information content (AvgIpc) is 3.30. The molecular formula is C25H22Cl2N4O3. The van der Waals surface area contributed by atoms with Crippen molar-refractivity contribution in [3.05, 3.63) is 88.4 Å². The van der Waals surface area contributed by atoms with E-state index in [1.807, 2.05) is 18.2 Å². The summed E-state index contributed by atoms with van der Waals surface area (Å²) in [5.74, 6) is -0.562. The molecule has 0 radical (unpaired) electrons. The number of hydrogen-bond acceptors (Lipinski definition) is 3. The molecular weight excluding hydrogens is 475 g/mol. The van der Waals surface area contributed by atoms with Gasteiger partial charge >= 0.3 is 6.03 Å². The highest BCUT2D eigenvalue weighted by Crippen LogP contribution is 2.25. The topological polar surface area (TPSA) is 90.5 Å². The second-order valence-corrected chi connectivity index (χ2v) is 8.70. The van der Waals surface area contributed by atoms with Crippen molar-refractivity contribution >= 4 is 58.1 Å². The number of halogens is 2. The van der Waals surface area contributed by atoms with E-state index >= 15 is 0 Å². The number of nitrogens with zero attached hydrogens (tertiary/aromatic N) is 1. The van der Waals surface area contributed by atoms with Crippen LogP contribution in [0.5, 0.6) is 0 Å². The van der Waals surface area contributed by atoms with Crippen LogP contribution in [0.2, 0.25) is 10.0 Å². The Kier molecular flexibility index (Phi) is 7.35. The number of hydrogen-bond donors (Lipinski definition) is 3. The summed E-state index contributed by atoms with van der Waals surface area (Å²) in [7, 11) is 0. The Bertz CT molecular complexity index is 1180. The number of urea groups is 1. The highest BCUT2D eigenvalue weighted by molar-refractivity contribution is 6.35. The molecule has 3 N–H and O–H groups in total. The Morgan fingerprint density at radius 1 is 0.765 bits per heavy atom. The summed E-state index contributed by atoms with van der Waals surface area (Å²) >= 11 is 12.1. The minimum absolute atomic E-state index is 0.276. The molecule has 0 bridgehead atoms. The number of amides is 4. The minimum Gasteiger partial charge on any atom is -0.327 e. The first-order valence-electron chi connectivity index (χ1n) is 10.7. The van der Waals surface area contributed by atoms with Gasteiger partial charge in [0.15, 0.2) is 0 Å². The van der Waals surface area contributed by atoms with Crippen LogP contribution >= 0.6 is 23.2 Å². The molecule has 3 aromatic carbocycles. The monoisotopic (exact) mass is 496 g/mol. The van der Waals surface area contributed by atoms with Crippen LogP contribution in [0.3, 0.4) is 0 Å².